The molecular formula is C21H22FN5O3S. The minimum absolute atomic E-state index is 0.178. The second kappa shape index (κ2) is 9.49. The summed E-state index contributed by atoms with van der Waals surface area (Å²) in [5.74, 6) is 0.364. The summed E-state index contributed by atoms with van der Waals surface area (Å²) >= 11 is 1.52. The van der Waals surface area contributed by atoms with E-state index < -0.39 is 18.8 Å². The average molecular weight is 444 g/mol. The zero-order valence-corrected chi connectivity index (χ0v) is 17.6. The number of pyridine rings is 1. The van der Waals surface area contributed by atoms with Crippen LogP contribution in [0.25, 0.3) is 10.9 Å². The van der Waals surface area contributed by atoms with Crippen molar-refractivity contribution in [3.05, 3.63) is 36.0 Å². The SMILES string of the molecule is N#C[C@@H]1CSCN1C(=O)CNC(=O)c1ccnc2ccc(N3CCO[C@H](CF)C3)cc12. The third kappa shape index (κ3) is 4.57. The van der Waals surface area contributed by atoms with Crippen molar-refractivity contribution in [1.82, 2.24) is 15.2 Å². The van der Waals surface area contributed by atoms with E-state index in [4.69, 9.17) is 10.00 Å². The molecule has 10 heteroatoms. The van der Waals surface area contributed by atoms with Crippen molar-refractivity contribution >= 4 is 40.2 Å². The van der Waals surface area contributed by atoms with Crippen molar-refractivity contribution in [3.63, 3.8) is 0 Å². The predicted molar refractivity (Wildman–Crippen MR) is 116 cm³/mol. The number of fused-ring (bicyclic) bond motifs is 1. The fourth-order valence-electron chi connectivity index (χ4n) is 3.72. The number of nitrogens with zero attached hydrogens (tertiary/aromatic N) is 4. The maximum atomic E-state index is 13.0. The van der Waals surface area contributed by atoms with Crippen molar-refractivity contribution in [2.75, 3.05) is 49.4 Å². The summed E-state index contributed by atoms with van der Waals surface area (Å²) in [5, 5.41) is 12.5. The van der Waals surface area contributed by atoms with Gasteiger partial charge < -0.3 is 19.9 Å². The summed E-state index contributed by atoms with van der Waals surface area (Å²) in [6.07, 6.45) is 1.09. The molecule has 0 aliphatic carbocycles. The summed E-state index contributed by atoms with van der Waals surface area (Å²) in [5.41, 5.74) is 1.92. The monoisotopic (exact) mass is 443 g/mol. The smallest absolute Gasteiger partial charge is 0.252 e. The van der Waals surface area contributed by atoms with Gasteiger partial charge in [0.05, 0.1) is 36.2 Å². The largest absolute Gasteiger partial charge is 0.372 e. The molecule has 3 heterocycles. The Morgan fingerprint density at radius 2 is 2.26 bits per heavy atom. The van der Waals surface area contributed by atoms with Gasteiger partial charge in [0.15, 0.2) is 0 Å². The summed E-state index contributed by atoms with van der Waals surface area (Å²) in [4.78, 5) is 33.1. The van der Waals surface area contributed by atoms with Gasteiger partial charge in [-0.3, -0.25) is 14.6 Å². The van der Waals surface area contributed by atoms with Crippen molar-refractivity contribution in [1.29, 1.82) is 5.26 Å². The summed E-state index contributed by atoms with van der Waals surface area (Å²) in [6, 6.07) is 8.85. The fraction of sp³-hybridized carbons (Fsp3) is 0.429. The molecule has 4 rings (SSSR count). The lowest BCUT2D eigenvalue weighted by Gasteiger charge is -2.33. The molecule has 2 amide bonds. The first-order valence-corrected chi connectivity index (χ1v) is 11.1. The summed E-state index contributed by atoms with van der Waals surface area (Å²) in [6.45, 7) is 0.782. The van der Waals surface area contributed by atoms with Gasteiger partial charge in [-0.15, -0.1) is 11.8 Å². The minimum Gasteiger partial charge on any atom is -0.372 e. The van der Waals surface area contributed by atoms with E-state index in [9.17, 15) is 14.0 Å². The highest BCUT2D eigenvalue weighted by atomic mass is 32.2. The van der Waals surface area contributed by atoms with Gasteiger partial charge in [0, 0.05) is 36.1 Å². The molecule has 0 unspecified atom stereocenters. The van der Waals surface area contributed by atoms with E-state index in [1.54, 1.807) is 12.3 Å². The number of nitriles is 1. The number of rotatable bonds is 5. The lowest BCUT2D eigenvalue weighted by atomic mass is 10.1. The number of thioether (sulfide) groups is 1. The quantitative estimate of drug-likeness (QED) is 0.749. The maximum Gasteiger partial charge on any atom is 0.252 e. The van der Waals surface area contributed by atoms with E-state index in [0.29, 0.717) is 47.8 Å². The van der Waals surface area contributed by atoms with Crippen LogP contribution in [-0.2, 0) is 9.53 Å². The van der Waals surface area contributed by atoms with Crippen LogP contribution >= 0.6 is 11.8 Å². The van der Waals surface area contributed by atoms with Gasteiger partial charge in [0.1, 0.15) is 18.8 Å². The number of hydrogen-bond acceptors (Lipinski definition) is 7. The molecule has 1 aromatic carbocycles. The van der Waals surface area contributed by atoms with Crippen LogP contribution in [-0.4, -0.2) is 78.4 Å². The lowest BCUT2D eigenvalue weighted by molar-refractivity contribution is -0.129. The van der Waals surface area contributed by atoms with E-state index in [1.807, 2.05) is 23.1 Å². The van der Waals surface area contributed by atoms with E-state index in [0.717, 1.165) is 5.69 Å². The molecule has 2 aliphatic rings. The number of carbonyl (C=O) groups excluding carboxylic acids is 2. The normalized spacial score (nSPS) is 21.2. The molecule has 2 fully saturated rings. The average Bonchev–Trinajstić information content (AvgIpc) is 3.30. The van der Waals surface area contributed by atoms with Crippen LogP contribution in [0, 0.1) is 11.3 Å². The van der Waals surface area contributed by atoms with Gasteiger partial charge in [0.25, 0.3) is 5.91 Å². The number of halogens is 1. The first kappa shape index (κ1) is 21.3. The number of amides is 2. The van der Waals surface area contributed by atoms with Crippen LogP contribution in [0.2, 0.25) is 0 Å². The van der Waals surface area contributed by atoms with Crippen molar-refractivity contribution in [2.45, 2.75) is 12.1 Å². The standard InChI is InChI=1S/C21H22FN5O3S/c22-8-16-11-26(5-6-30-16)14-1-2-19-18(7-14)17(3-4-24-19)21(29)25-10-20(28)27-13-31-12-15(27)9-23/h1-4,7,15-16H,5-6,8,10-13H2,(H,25,29)/t15-,16-/m1/s1. The third-order valence-electron chi connectivity index (χ3n) is 5.40. The van der Waals surface area contributed by atoms with Gasteiger partial charge in [0.2, 0.25) is 5.91 Å². The second-order valence-corrected chi connectivity index (χ2v) is 8.34. The lowest BCUT2D eigenvalue weighted by Crippen LogP contribution is -2.43. The fourth-order valence-corrected chi connectivity index (χ4v) is 4.83. The van der Waals surface area contributed by atoms with Crippen LogP contribution in [0.5, 0.6) is 0 Å². The molecule has 0 bridgehead atoms. The molecule has 0 spiro atoms. The van der Waals surface area contributed by atoms with Gasteiger partial charge in [-0.25, -0.2) is 4.39 Å². The topological polar surface area (TPSA) is 98.6 Å². The summed E-state index contributed by atoms with van der Waals surface area (Å²) in [7, 11) is 0. The zero-order valence-electron chi connectivity index (χ0n) is 16.8. The number of nitrogens with one attached hydrogen (secondary N) is 1. The Morgan fingerprint density at radius 3 is 3.06 bits per heavy atom. The Morgan fingerprint density at radius 1 is 1.39 bits per heavy atom. The molecular weight excluding hydrogens is 421 g/mol. The number of hydrogen-bond donors (Lipinski definition) is 1. The van der Waals surface area contributed by atoms with Gasteiger partial charge >= 0.3 is 0 Å². The molecule has 31 heavy (non-hydrogen) atoms. The van der Waals surface area contributed by atoms with Gasteiger partial charge in [-0.05, 0) is 24.3 Å². The molecule has 162 valence electrons. The molecule has 1 aromatic heterocycles. The number of aromatic nitrogens is 1. The number of alkyl halides is 1. The molecule has 0 saturated carbocycles. The van der Waals surface area contributed by atoms with E-state index in [1.165, 1.54) is 16.7 Å². The van der Waals surface area contributed by atoms with Crippen molar-refractivity contribution < 1.29 is 18.7 Å². The third-order valence-corrected chi connectivity index (χ3v) is 6.41. The van der Waals surface area contributed by atoms with Crippen LogP contribution < -0.4 is 10.2 Å². The first-order chi connectivity index (χ1) is 15.1. The molecule has 2 aromatic rings. The van der Waals surface area contributed by atoms with Crippen LogP contribution in [0.4, 0.5) is 10.1 Å². The number of morpholine rings is 1. The van der Waals surface area contributed by atoms with Crippen LogP contribution in [0.1, 0.15) is 10.4 Å². The Balaban J connectivity index is 1.51. The highest BCUT2D eigenvalue weighted by Gasteiger charge is 2.29. The number of carbonyl (C=O) groups is 2. The molecule has 2 atom stereocenters. The Labute approximate surface area is 183 Å². The van der Waals surface area contributed by atoms with E-state index in [-0.39, 0.29) is 18.4 Å². The number of anilines is 1. The van der Waals surface area contributed by atoms with Crippen molar-refractivity contribution in [2.24, 2.45) is 0 Å². The first-order valence-electron chi connectivity index (χ1n) is 9.97. The number of ether oxygens (including phenoxy) is 1. The Bertz CT molecular complexity index is 1030. The minimum atomic E-state index is -0.546. The Hall–Kier alpha value is -2.90. The Kier molecular flexibility index (Phi) is 6.53. The zero-order chi connectivity index (χ0) is 21.8. The molecule has 8 nitrogen and oxygen atoms in total. The maximum absolute atomic E-state index is 13.0. The molecule has 2 saturated heterocycles. The van der Waals surface area contributed by atoms with Crippen LogP contribution in [0.3, 0.4) is 0 Å². The van der Waals surface area contributed by atoms with Gasteiger partial charge in [-0.2, -0.15) is 5.26 Å². The van der Waals surface area contributed by atoms with Crippen molar-refractivity contribution in [3.8, 4) is 6.07 Å². The highest BCUT2D eigenvalue weighted by molar-refractivity contribution is 7.99. The van der Waals surface area contributed by atoms with Crippen LogP contribution in [0.15, 0.2) is 30.5 Å². The second-order valence-electron chi connectivity index (χ2n) is 7.34. The highest BCUT2D eigenvalue weighted by Crippen LogP contribution is 2.25. The molecule has 0 radical (unpaired) electrons. The molecule has 2 aliphatic heterocycles. The van der Waals surface area contributed by atoms with E-state index in [2.05, 4.69) is 16.4 Å². The number of benzene rings is 1. The van der Waals surface area contributed by atoms with E-state index >= 15 is 0 Å². The molecule has 1 N–H and O–H groups in total. The van der Waals surface area contributed by atoms with Gasteiger partial charge in [-0.1, -0.05) is 0 Å². The summed E-state index contributed by atoms with van der Waals surface area (Å²) < 4.78 is 18.4. The predicted octanol–water partition coefficient (Wildman–Crippen LogP) is 1.56.